The topological polar surface area (TPSA) is 104 Å². The second-order valence-electron chi connectivity index (χ2n) is 7.73. The van der Waals surface area contributed by atoms with Crippen LogP contribution in [-0.4, -0.2) is 54.1 Å². The highest BCUT2D eigenvalue weighted by atomic mass is 32.2. The van der Waals surface area contributed by atoms with Gasteiger partial charge in [-0.15, -0.1) is 0 Å². The number of thioether (sulfide) groups is 1. The molecule has 8 heteroatoms. The van der Waals surface area contributed by atoms with Gasteiger partial charge in [-0.05, 0) is 36.0 Å². The quantitative estimate of drug-likeness (QED) is 0.389. The number of carbonyl (C=O) groups excluding carboxylic acids is 4. The average Bonchev–Trinajstić information content (AvgIpc) is 2.81. The van der Waals surface area contributed by atoms with Crippen LogP contribution >= 0.6 is 11.8 Å². The summed E-state index contributed by atoms with van der Waals surface area (Å²) in [6.45, 7) is 1.35. The van der Waals surface area contributed by atoms with Crippen LogP contribution in [0, 0.1) is 0 Å². The lowest BCUT2D eigenvalue weighted by Crippen LogP contribution is -2.55. The van der Waals surface area contributed by atoms with E-state index in [2.05, 4.69) is 16.0 Å². The number of benzene rings is 2. The van der Waals surface area contributed by atoms with Gasteiger partial charge in [0, 0.05) is 13.3 Å². The Morgan fingerprint density at radius 1 is 0.818 bits per heavy atom. The molecule has 33 heavy (non-hydrogen) atoms. The van der Waals surface area contributed by atoms with Crippen LogP contribution in [0.1, 0.15) is 24.5 Å². The smallest absolute Gasteiger partial charge is 0.243 e. The third-order valence-corrected chi connectivity index (χ3v) is 5.65. The predicted molar refractivity (Wildman–Crippen MR) is 131 cm³/mol. The molecule has 0 bridgehead atoms. The molecule has 2 aromatic carbocycles. The molecule has 0 aliphatic carbocycles. The lowest BCUT2D eigenvalue weighted by atomic mass is 10.0. The van der Waals surface area contributed by atoms with Crippen LogP contribution in [0.4, 0.5) is 0 Å². The van der Waals surface area contributed by atoms with Gasteiger partial charge in [0.05, 0.1) is 6.04 Å². The highest BCUT2D eigenvalue weighted by Crippen LogP contribution is 2.07. The second kappa shape index (κ2) is 14.1. The molecule has 0 spiro atoms. The normalized spacial score (nSPS) is 13.3. The number of nitrogens with one attached hydrogen (secondary N) is 3. The summed E-state index contributed by atoms with van der Waals surface area (Å²) in [6.07, 6.45) is 3.67. The van der Waals surface area contributed by atoms with E-state index in [1.54, 1.807) is 11.8 Å². The summed E-state index contributed by atoms with van der Waals surface area (Å²) in [5, 5.41) is 8.19. The van der Waals surface area contributed by atoms with Crippen molar-refractivity contribution >= 4 is 35.8 Å². The Hall–Kier alpha value is -3.13. The van der Waals surface area contributed by atoms with Crippen molar-refractivity contribution in [3.05, 3.63) is 71.8 Å². The first-order chi connectivity index (χ1) is 15.9. The van der Waals surface area contributed by atoms with Crippen LogP contribution in [0.15, 0.2) is 60.7 Å². The molecule has 0 fully saturated rings. The van der Waals surface area contributed by atoms with Gasteiger partial charge >= 0.3 is 0 Å². The molecule has 0 unspecified atom stereocenters. The Balaban J connectivity index is 2.08. The lowest BCUT2D eigenvalue weighted by Gasteiger charge is -2.24. The van der Waals surface area contributed by atoms with Crippen LogP contribution in [0.5, 0.6) is 0 Å². The number of aldehydes is 1. The van der Waals surface area contributed by atoms with E-state index in [0.29, 0.717) is 31.3 Å². The Morgan fingerprint density at radius 2 is 1.36 bits per heavy atom. The molecular formula is C25H31N3O4S. The van der Waals surface area contributed by atoms with E-state index in [1.165, 1.54) is 6.92 Å². The van der Waals surface area contributed by atoms with Crippen LogP contribution in [0.3, 0.4) is 0 Å². The van der Waals surface area contributed by atoms with E-state index in [0.717, 1.165) is 11.1 Å². The molecule has 2 rings (SSSR count). The lowest BCUT2D eigenvalue weighted by molar-refractivity contribution is -0.132. The molecule has 0 aliphatic rings. The van der Waals surface area contributed by atoms with E-state index in [-0.39, 0.29) is 5.91 Å². The van der Waals surface area contributed by atoms with Crippen molar-refractivity contribution in [2.75, 3.05) is 12.0 Å². The fourth-order valence-corrected chi connectivity index (χ4v) is 3.84. The van der Waals surface area contributed by atoms with Gasteiger partial charge < -0.3 is 20.7 Å². The van der Waals surface area contributed by atoms with E-state index < -0.39 is 29.9 Å². The molecule has 7 nitrogen and oxygen atoms in total. The third kappa shape index (κ3) is 9.49. The van der Waals surface area contributed by atoms with E-state index >= 15 is 0 Å². The summed E-state index contributed by atoms with van der Waals surface area (Å²) in [5.74, 6) is -0.556. The summed E-state index contributed by atoms with van der Waals surface area (Å²) in [6, 6.07) is 16.4. The minimum atomic E-state index is -0.824. The van der Waals surface area contributed by atoms with E-state index in [4.69, 9.17) is 0 Å². The van der Waals surface area contributed by atoms with Crippen molar-refractivity contribution in [1.29, 1.82) is 0 Å². The molecule has 0 saturated carbocycles. The predicted octanol–water partition coefficient (Wildman–Crippen LogP) is 1.90. The molecule has 0 radical (unpaired) electrons. The fourth-order valence-electron chi connectivity index (χ4n) is 3.37. The largest absolute Gasteiger partial charge is 0.344 e. The Morgan fingerprint density at radius 3 is 1.88 bits per heavy atom. The van der Waals surface area contributed by atoms with Crippen molar-refractivity contribution in [1.82, 2.24) is 16.0 Å². The molecule has 3 amide bonds. The highest BCUT2D eigenvalue weighted by Gasteiger charge is 2.27. The SMILES string of the molecule is CSCC[C@H](NC(=O)[C@H](Cc1ccccc1)NC(C)=O)C(=O)N[C@H](C=O)Cc1ccccc1. The monoisotopic (exact) mass is 469 g/mol. The van der Waals surface area contributed by atoms with Crippen molar-refractivity contribution < 1.29 is 19.2 Å². The van der Waals surface area contributed by atoms with Crippen LogP contribution in [0.25, 0.3) is 0 Å². The van der Waals surface area contributed by atoms with Gasteiger partial charge in [0.15, 0.2) is 0 Å². The number of hydrogen-bond acceptors (Lipinski definition) is 5. The fraction of sp³-hybridized carbons (Fsp3) is 0.360. The molecular weight excluding hydrogens is 438 g/mol. The molecule has 2 aromatic rings. The maximum atomic E-state index is 13.0. The molecule has 0 aromatic heterocycles. The number of rotatable bonds is 13. The maximum Gasteiger partial charge on any atom is 0.243 e. The average molecular weight is 470 g/mol. The number of amides is 3. The molecule has 3 atom stereocenters. The molecule has 0 aliphatic heterocycles. The first-order valence-corrected chi connectivity index (χ1v) is 12.2. The van der Waals surface area contributed by atoms with Gasteiger partial charge in [0.25, 0.3) is 0 Å². The van der Waals surface area contributed by atoms with Crippen LogP contribution in [-0.2, 0) is 32.0 Å². The van der Waals surface area contributed by atoms with E-state index in [9.17, 15) is 19.2 Å². The Kier molecular flexibility index (Phi) is 11.2. The van der Waals surface area contributed by atoms with Gasteiger partial charge in [-0.1, -0.05) is 60.7 Å². The van der Waals surface area contributed by atoms with E-state index in [1.807, 2.05) is 66.9 Å². The third-order valence-electron chi connectivity index (χ3n) is 5.01. The zero-order chi connectivity index (χ0) is 24.1. The van der Waals surface area contributed by atoms with Crippen LogP contribution < -0.4 is 16.0 Å². The number of carbonyl (C=O) groups is 4. The Labute approximate surface area is 199 Å². The summed E-state index contributed by atoms with van der Waals surface area (Å²) in [5.41, 5.74) is 1.81. The van der Waals surface area contributed by atoms with Crippen molar-refractivity contribution in [3.63, 3.8) is 0 Å². The van der Waals surface area contributed by atoms with Gasteiger partial charge in [-0.25, -0.2) is 0 Å². The van der Waals surface area contributed by atoms with Crippen molar-refractivity contribution in [2.24, 2.45) is 0 Å². The van der Waals surface area contributed by atoms with Gasteiger partial charge in [-0.2, -0.15) is 11.8 Å². The maximum absolute atomic E-state index is 13.0. The Bertz CT molecular complexity index is 908. The van der Waals surface area contributed by atoms with Gasteiger partial charge in [0.1, 0.15) is 18.4 Å². The molecule has 0 heterocycles. The summed E-state index contributed by atoms with van der Waals surface area (Å²) in [7, 11) is 0. The summed E-state index contributed by atoms with van der Waals surface area (Å²) >= 11 is 1.55. The van der Waals surface area contributed by atoms with Gasteiger partial charge in [-0.3, -0.25) is 14.4 Å². The standard InChI is InChI=1S/C25H31N3O4S/c1-18(30)26-23(16-20-11-7-4-8-12-20)25(32)28-22(13-14-33-2)24(31)27-21(17-29)15-19-9-5-3-6-10-19/h3-12,17,21-23H,13-16H2,1-2H3,(H,26,30)(H,27,31)(H,28,32)/t21-,22-,23-/m0/s1. The minimum Gasteiger partial charge on any atom is -0.344 e. The summed E-state index contributed by atoms with van der Waals surface area (Å²) in [4.78, 5) is 49.3. The molecule has 176 valence electrons. The minimum absolute atomic E-state index is 0.300. The van der Waals surface area contributed by atoms with Crippen LogP contribution in [0.2, 0.25) is 0 Å². The molecule has 3 N–H and O–H groups in total. The summed E-state index contributed by atoms with van der Waals surface area (Å²) < 4.78 is 0. The highest BCUT2D eigenvalue weighted by molar-refractivity contribution is 7.98. The van der Waals surface area contributed by atoms with Crippen molar-refractivity contribution in [2.45, 2.75) is 44.3 Å². The zero-order valence-corrected chi connectivity index (χ0v) is 19.8. The zero-order valence-electron chi connectivity index (χ0n) is 19.0. The van der Waals surface area contributed by atoms with Gasteiger partial charge in [0.2, 0.25) is 17.7 Å². The number of hydrogen-bond donors (Lipinski definition) is 3. The first kappa shape index (κ1) is 26.1. The van der Waals surface area contributed by atoms with Crippen molar-refractivity contribution in [3.8, 4) is 0 Å². The molecule has 0 saturated heterocycles. The first-order valence-electron chi connectivity index (χ1n) is 10.8. The second-order valence-corrected chi connectivity index (χ2v) is 8.71.